The summed E-state index contributed by atoms with van der Waals surface area (Å²) in [6, 6.07) is 0. The van der Waals surface area contributed by atoms with Gasteiger partial charge in [0.05, 0.1) is 11.9 Å². The van der Waals surface area contributed by atoms with E-state index in [0.29, 0.717) is 25.7 Å². The molecule has 0 aromatic rings. The number of aliphatic carboxylic acids is 2. The van der Waals surface area contributed by atoms with Crippen LogP contribution in [0.5, 0.6) is 0 Å². The molecular weight excluding hydrogens is 451 g/mol. The molecule has 0 saturated carbocycles. The highest BCUT2D eigenvalue weighted by atomic mass is 19.4. The summed E-state index contributed by atoms with van der Waals surface area (Å²) in [5, 5.41) is 22.5. The fourth-order valence-corrected chi connectivity index (χ4v) is 2.78. The Morgan fingerprint density at radius 3 is 1.65 bits per heavy atom. The van der Waals surface area contributed by atoms with Gasteiger partial charge in [0.2, 0.25) is 0 Å². The smallest absolute Gasteiger partial charge is 0.460 e. The molecule has 0 amide bonds. The van der Waals surface area contributed by atoms with E-state index in [-0.39, 0.29) is 0 Å². The van der Waals surface area contributed by atoms with Crippen molar-refractivity contribution in [3.63, 3.8) is 0 Å². The van der Waals surface area contributed by atoms with Crippen LogP contribution >= 0.6 is 0 Å². The minimum absolute atomic E-state index is 0.323. The molecule has 0 rings (SSSR count). The van der Waals surface area contributed by atoms with Crippen LogP contribution in [0.3, 0.4) is 0 Å². The summed E-state index contributed by atoms with van der Waals surface area (Å²) < 4.78 is 116. The Morgan fingerprint density at radius 2 is 1.29 bits per heavy atom. The Kier molecular flexibility index (Phi) is 9.91. The zero-order chi connectivity index (χ0) is 24.8. The third kappa shape index (κ3) is 6.76. The second kappa shape index (κ2) is 10.6. The van der Waals surface area contributed by atoms with Crippen LogP contribution < -0.4 is 10.2 Å². The number of halogens is 9. The Morgan fingerprint density at radius 1 is 0.806 bits per heavy atom. The van der Waals surface area contributed by atoms with Gasteiger partial charge in [0, 0.05) is 6.42 Å². The van der Waals surface area contributed by atoms with Gasteiger partial charge in [-0.15, -0.1) is 0 Å². The van der Waals surface area contributed by atoms with Crippen molar-refractivity contribution in [3.05, 3.63) is 11.1 Å². The van der Waals surface area contributed by atoms with Crippen LogP contribution in [0.15, 0.2) is 11.1 Å². The molecule has 0 saturated heterocycles. The van der Waals surface area contributed by atoms with E-state index in [4.69, 9.17) is 0 Å². The van der Waals surface area contributed by atoms with E-state index < -0.39 is 72.2 Å². The van der Waals surface area contributed by atoms with Gasteiger partial charge in [-0.2, -0.15) is 39.5 Å². The molecule has 0 aromatic heterocycles. The minimum atomic E-state index is -7.13. The first-order valence-electron chi connectivity index (χ1n) is 9.22. The second-order valence-electron chi connectivity index (χ2n) is 7.00. The molecule has 0 spiro atoms. The van der Waals surface area contributed by atoms with E-state index in [9.17, 15) is 59.3 Å². The van der Waals surface area contributed by atoms with Gasteiger partial charge in [-0.05, 0) is 29.9 Å². The lowest BCUT2D eigenvalue weighted by molar-refractivity contribution is -0.396. The van der Waals surface area contributed by atoms with Crippen molar-refractivity contribution in [2.45, 2.75) is 82.7 Å². The van der Waals surface area contributed by atoms with Gasteiger partial charge in [-0.1, -0.05) is 39.5 Å². The molecule has 0 aliphatic rings. The molecule has 4 nitrogen and oxygen atoms in total. The predicted octanol–water partition coefficient (Wildman–Crippen LogP) is 3.64. The van der Waals surface area contributed by atoms with E-state index >= 15 is 0 Å². The van der Waals surface area contributed by atoms with Crippen molar-refractivity contribution in [1.82, 2.24) is 0 Å². The van der Waals surface area contributed by atoms with E-state index in [0.717, 1.165) is 0 Å². The summed E-state index contributed by atoms with van der Waals surface area (Å²) >= 11 is 0. The second-order valence-corrected chi connectivity index (χ2v) is 7.00. The molecule has 1 unspecified atom stereocenters. The summed E-state index contributed by atoms with van der Waals surface area (Å²) in [5.74, 6) is -25.0. The molecule has 0 fully saturated rings. The van der Waals surface area contributed by atoms with Crippen molar-refractivity contribution in [2.75, 3.05) is 0 Å². The van der Waals surface area contributed by atoms with Crippen molar-refractivity contribution < 1.29 is 59.3 Å². The largest absolute Gasteiger partial charge is 0.545 e. The van der Waals surface area contributed by atoms with Crippen LogP contribution in [0.4, 0.5) is 39.5 Å². The molecule has 0 bridgehead atoms. The molecular formula is C18H21F9O4-2. The lowest BCUT2D eigenvalue weighted by Gasteiger charge is -2.34. The number of alkyl halides is 9. The van der Waals surface area contributed by atoms with Crippen molar-refractivity contribution in [1.29, 1.82) is 0 Å². The van der Waals surface area contributed by atoms with Gasteiger partial charge in [-0.3, -0.25) is 0 Å². The number of carboxylic acids is 2. The molecule has 31 heavy (non-hydrogen) atoms. The zero-order valence-corrected chi connectivity index (χ0v) is 16.6. The maximum absolute atomic E-state index is 13.7. The quantitative estimate of drug-likeness (QED) is 0.303. The Labute approximate surface area is 172 Å². The lowest BCUT2D eigenvalue weighted by Crippen LogP contribution is -2.60. The Balaban J connectivity index is 5.98. The van der Waals surface area contributed by atoms with Crippen LogP contribution in [-0.2, 0) is 9.59 Å². The van der Waals surface area contributed by atoms with Gasteiger partial charge >= 0.3 is 23.9 Å². The fraction of sp³-hybridized carbons (Fsp3) is 0.778. The van der Waals surface area contributed by atoms with Crippen molar-refractivity contribution in [3.8, 4) is 0 Å². The topological polar surface area (TPSA) is 80.3 Å². The maximum Gasteiger partial charge on any atom is 0.460 e. The average Bonchev–Trinajstić information content (AvgIpc) is 2.61. The number of unbranched alkanes of at least 4 members (excludes halogenated alkanes) is 1. The normalized spacial score (nSPS) is 15.5. The molecule has 0 heterocycles. The Bertz CT molecular complexity index is 669. The van der Waals surface area contributed by atoms with E-state index in [1.54, 1.807) is 13.8 Å². The van der Waals surface area contributed by atoms with Gasteiger partial charge in [0.25, 0.3) is 0 Å². The third-order valence-corrected chi connectivity index (χ3v) is 4.79. The molecule has 0 N–H and O–H groups in total. The number of carboxylic acid groups (broad SMARTS) is 2. The molecule has 0 aromatic carbocycles. The summed E-state index contributed by atoms with van der Waals surface area (Å²) in [7, 11) is 0. The highest BCUT2D eigenvalue weighted by molar-refractivity contribution is 5.97. The van der Waals surface area contributed by atoms with E-state index in [2.05, 4.69) is 0 Å². The molecule has 0 aliphatic carbocycles. The number of carbonyl (C=O) groups excluding carboxylic acids is 2. The minimum Gasteiger partial charge on any atom is -0.545 e. The first kappa shape index (κ1) is 29.1. The number of rotatable bonds is 13. The molecule has 1 atom stereocenters. The molecule has 182 valence electrons. The predicted molar refractivity (Wildman–Crippen MR) is 85.1 cm³/mol. The average molecular weight is 472 g/mol. The molecule has 13 heteroatoms. The SMILES string of the molecule is CCCCC(CC)C/C(C(=O)[O-])=C(\CCC(F)(F)C(F)(F)C(F)(F)C(F)(F)F)C(=O)[O-]. The number of hydrogen-bond acceptors (Lipinski definition) is 4. The lowest BCUT2D eigenvalue weighted by atomic mass is 9.87. The van der Waals surface area contributed by atoms with Gasteiger partial charge in [0.15, 0.2) is 0 Å². The van der Waals surface area contributed by atoms with Crippen LogP contribution in [0.25, 0.3) is 0 Å². The van der Waals surface area contributed by atoms with Crippen molar-refractivity contribution in [2.24, 2.45) is 5.92 Å². The standard InChI is InChI=1S/C18H23F9O4/c1-3-5-6-10(4-2)9-12(14(30)31)11(13(28)29)7-8-15(19,20)16(21,22)17(23,24)18(25,26)27/h10H,3-9H2,1-2H3,(H,28,29)(H,30,31)/p-2/b12-11-. The fourth-order valence-electron chi connectivity index (χ4n) is 2.78. The molecule has 0 radical (unpaired) electrons. The first-order chi connectivity index (χ1) is 13.9. The first-order valence-corrected chi connectivity index (χ1v) is 9.22. The van der Waals surface area contributed by atoms with Crippen LogP contribution in [0.2, 0.25) is 0 Å². The van der Waals surface area contributed by atoms with Gasteiger partial charge in [-0.25, -0.2) is 0 Å². The zero-order valence-electron chi connectivity index (χ0n) is 16.6. The summed E-state index contributed by atoms with van der Waals surface area (Å²) in [6.07, 6.45) is -9.80. The maximum atomic E-state index is 13.7. The third-order valence-electron chi connectivity index (χ3n) is 4.79. The number of hydrogen-bond donors (Lipinski definition) is 0. The van der Waals surface area contributed by atoms with Crippen molar-refractivity contribution >= 4 is 11.9 Å². The highest BCUT2D eigenvalue weighted by Gasteiger charge is 2.81. The number of carbonyl (C=O) groups is 2. The van der Waals surface area contributed by atoms with Crippen LogP contribution in [0.1, 0.15) is 58.8 Å². The summed E-state index contributed by atoms with van der Waals surface area (Å²) in [6.45, 7) is 3.41. The van der Waals surface area contributed by atoms with Gasteiger partial charge in [0.1, 0.15) is 0 Å². The van der Waals surface area contributed by atoms with E-state index in [1.165, 1.54) is 0 Å². The molecule has 0 aliphatic heterocycles. The van der Waals surface area contributed by atoms with Gasteiger partial charge < -0.3 is 19.8 Å². The Hall–Kier alpha value is -1.95. The monoisotopic (exact) mass is 472 g/mol. The van der Waals surface area contributed by atoms with Crippen LogP contribution in [-0.4, -0.2) is 35.9 Å². The van der Waals surface area contributed by atoms with Crippen LogP contribution in [0, 0.1) is 5.92 Å². The summed E-state index contributed by atoms with van der Waals surface area (Å²) in [5.41, 5.74) is -2.50. The summed E-state index contributed by atoms with van der Waals surface area (Å²) in [4.78, 5) is 22.5. The van der Waals surface area contributed by atoms with E-state index in [1.807, 2.05) is 0 Å². The highest BCUT2D eigenvalue weighted by Crippen LogP contribution is 2.54.